The number of para-hydroxylation sites is 2. The van der Waals surface area contributed by atoms with Gasteiger partial charge in [-0.15, -0.1) is 0 Å². The second-order valence-electron chi connectivity index (χ2n) is 4.55. The van der Waals surface area contributed by atoms with Crippen molar-refractivity contribution >= 4 is 11.1 Å². The van der Waals surface area contributed by atoms with Crippen molar-refractivity contribution in [3.63, 3.8) is 0 Å². The molecule has 3 rings (SSSR count). The van der Waals surface area contributed by atoms with Crippen LogP contribution < -0.4 is 15.2 Å². The average Bonchev–Trinajstić information content (AvgIpc) is 2.94. The largest absolute Gasteiger partial charge is 0.493 e. The molecule has 0 saturated heterocycles. The van der Waals surface area contributed by atoms with Crippen LogP contribution in [0.3, 0.4) is 0 Å². The summed E-state index contributed by atoms with van der Waals surface area (Å²) in [5, 5.41) is 0. The van der Waals surface area contributed by atoms with Gasteiger partial charge in [0, 0.05) is 6.54 Å². The molecule has 0 spiro atoms. The number of aromatic nitrogens is 1. The molecule has 0 aliphatic heterocycles. The zero-order valence-corrected chi connectivity index (χ0v) is 11.7. The van der Waals surface area contributed by atoms with E-state index >= 15 is 0 Å². The van der Waals surface area contributed by atoms with Crippen molar-refractivity contribution in [1.82, 2.24) is 4.98 Å². The minimum atomic E-state index is 0.243. The van der Waals surface area contributed by atoms with Crippen LogP contribution in [0.4, 0.5) is 0 Å². The summed E-state index contributed by atoms with van der Waals surface area (Å²) in [4.78, 5) is 4.40. The van der Waals surface area contributed by atoms with Gasteiger partial charge in [0.2, 0.25) is 5.89 Å². The quantitative estimate of drug-likeness (QED) is 0.780. The zero-order chi connectivity index (χ0) is 14.7. The number of nitrogens with zero attached hydrogens (tertiary/aromatic N) is 1. The van der Waals surface area contributed by atoms with E-state index in [1.165, 1.54) is 0 Å². The van der Waals surface area contributed by atoms with Crippen molar-refractivity contribution in [3.05, 3.63) is 53.9 Å². The second-order valence-corrected chi connectivity index (χ2v) is 4.55. The van der Waals surface area contributed by atoms with Crippen molar-refractivity contribution < 1.29 is 13.9 Å². The highest BCUT2D eigenvalue weighted by Gasteiger charge is 2.09. The Bertz CT molecular complexity index is 752. The number of benzene rings is 2. The number of fused-ring (bicyclic) bond motifs is 1. The van der Waals surface area contributed by atoms with Crippen molar-refractivity contribution in [1.29, 1.82) is 0 Å². The molecule has 0 saturated carbocycles. The molecule has 0 amide bonds. The van der Waals surface area contributed by atoms with Gasteiger partial charge in [-0.2, -0.15) is 0 Å². The summed E-state index contributed by atoms with van der Waals surface area (Å²) < 4.78 is 16.6. The molecule has 108 valence electrons. The predicted octanol–water partition coefficient (Wildman–Crippen LogP) is 2.87. The number of oxazole rings is 1. The average molecular weight is 284 g/mol. The van der Waals surface area contributed by atoms with Gasteiger partial charge in [0.1, 0.15) is 5.52 Å². The molecule has 1 aromatic heterocycles. The first-order valence-electron chi connectivity index (χ1n) is 6.64. The Labute approximate surface area is 122 Å². The summed E-state index contributed by atoms with van der Waals surface area (Å²) in [6.07, 6.45) is 0. The molecule has 0 bridgehead atoms. The maximum absolute atomic E-state index is 5.69. The summed E-state index contributed by atoms with van der Waals surface area (Å²) in [7, 11) is 1.61. The minimum Gasteiger partial charge on any atom is -0.493 e. The molecule has 21 heavy (non-hydrogen) atoms. The lowest BCUT2D eigenvalue weighted by Gasteiger charge is -2.08. The van der Waals surface area contributed by atoms with Gasteiger partial charge >= 0.3 is 0 Å². The van der Waals surface area contributed by atoms with E-state index < -0.39 is 0 Å². The van der Waals surface area contributed by atoms with E-state index in [0.717, 1.165) is 16.7 Å². The van der Waals surface area contributed by atoms with E-state index in [0.29, 0.717) is 23.9 Å². The molecule has 2 N–H and O–H groups in total. The van der Waals surface area contributed by atoms with Crippen molar-refractivity contribution in [2.75, 3.05) is 7.11 Å². The second kappa shape index (κ2) is 5.85. The lowest BCUT2D eigenvalue weighted by molar-refractivity contribution is 0.253. The monoisotopic (exact) mass is 284 g/mol. The maximum Gasteiger partial charge on any atom is 0.233 e. The Morgan fingerprint density at radius 2 is 1.95 bits per heavy atom. The van der Waals surface area contributed by atoms with Crippen LogP contribution in [0, 0.1) is 0 Å². The molecule has 0 unspecified atom stereocenters. The van der Waals surface area contributed by atoms with Gasteiger partial charge < -0.3 is 19.6 Å². The van der Waals surface area contributed by atoms with E-state index in [4.69, 9.17) is 19.6 Å². The fourth-order valence-corrected chi connectivity index (χ4v) is 2.09. The zero-order valence-electron chi connectivity index (χ0n) is 11.7. The molecule has 0 aliphatic rings. The number of ether oxygens (including phenoxy) is 2. The van der Waals surface area contributed by atoms with Crippen LogP contribution in [0.1, 0.15) is 11.5 Å². The third-order valence-corrected chi connectivity index (χ3v) is 3.15. The fraction of sp³-hybridized carbons (Fsp3) is 0.188. The highest BCUT2D eigenvalue weighted by molar-refractivity contribution is 5.73. The lowest BCUT2D eigenvalue weighted by atomic mass is 10.2. The van der Waals surface area contributed by atoms with Crippen molar-refractivity contribution in [3.8, 4) is 11.5 Å². The normalized spacial score (nSPS) is 10.8. The Hall–Kier alpha value is -2.53. The molecular weight excluding hydrogens is 268 g/mol. The van der Waals surface area contributed by atoms with Gasteiger partial charge in [-0.25, -0.2) is 4.98 Å². The van der Waals surface area contributed by atoms with E-state index in [1.54, 1.807) is 7.11 Å². The van der Waals surface area contributed by atoms with E-state index in [2.05, 4.69) is 4.98 Å². The number of hydrogen-bond donors (Lipinski definition) is 1. The lowest BCUT2D eigenvalue weighted by Crippen LogP contribution is -1.97. The Balaban J connectivity index is 1.79. The number of rotatable bonds is 5. The van der Waals surface area contributed by atoms with Crippen LogP contribution in [0.5, 0.6) is 11.5 Å². The van der Waals surface area contributed by atoms with Gasteiger partial charge in [0.05, 0.1) is 7.11 Å². The Morgan fingerprint density at radius 3 is 2.71 bits per heavy atom. The van der Waals surface area contributed by atoms with E-state index in [9.17, 15) is 0 Å². The standard InChI is InChI=1S/C16H16N2O3/c1-19-14-4-2-3-5-15(14)20-10-16-18-12-8-11(9-17)6-7-13(12)21-16/h2-8H,9-10,17H2,1H3. The van der Waals surface area contributed by atoms with Crippen LogP contribution in [0.2, 0.25) is 0 Å². The van der Waals surface area contributed by atoms with Gasteiger partial charge in [0.15, 0.2) is 23.7 Å². The van der Waals surface area contributed by atoms with Crippen molar-refractivity contribution in [2.24, 2.45) is 5.73 Å². The number of nitrogens with two attached hydrogens (primary N) is 1. The molecule has 1 heterocycles. The SMILES string of the molecule is COc1ccccc1OCc1nc2cc(CN)ccc2o1. The van der Waals surface area contributed by atoms with Crippen LogP contribution >= 0.6 is 0 Å². The van der Waals surface area contributed by atoms with E-state index in [-0.39, 0.29) is 6.61 Å². The molecular formula is C16H16N2O3. The maximum atomic E-state index is 5.69. The fourth-order valence-electron chi connectivity index (χ4n) is 2.09. The van der Waals surface area contributed by atoms with Crippen LogP contribution in [0.25, 0.3) is 11.1 Å². The van der Waals surface area contributed by atoms with Crippen LogP contribution in [-0.4, -0.2) is 12.1 Å². The van der Waals surface area contributed by atoms with Gasteiger partial charge in [-0.1, -0.05) is 18.2 Å². The first kappa shape index (κ1) is 13.5. The first-order chi connectivity index (χ1) is 10.3. The van der Waals surface area contributed by atoms with Crippen molar-refractivity contribution in [2.45, 2.75) is 13.2 Å². The predicted molar refractivity (Wildman–Crippen MR) is 79.2 cm³/mol. The summed E-state index contributed by atoms with van der Waals surface area (Å²) in [5.41, 5.74) is 8.15. The molecule has 5 heteroatoms. The van der Waals surface area contributed by atoms with Gasteiger partial charge in [0.25, 0.3) is 0 Å². The topological polar surface area (TPSA) is 70.5 Å². The molecule has 0 aliphatic carbocycles. The summed E-state index contributed by atoms with van der Waals surface area (Å²) >= 11 is 0. The minimum absolute atomic E-state index is 0.243. The molecule has 0 radical (unpaired) electrons. The molecule has 5 nitrogen and oxygen atoms in total. The van der Waals surface area contributed by atoms with Gasteiger partial charge in [-0.05, 0) is 29.8 Å². The molecule has 0 atom stereocenters. The molecule has 0 fully saturated rings. The third kappa shape index (κ3) is 2.83. The third-order valence-electron chi connectivity index (χ3n) is 3.15. The van der Waals surface area contributed by atoms with Crippen LogP contribution in [0.15, 0.2) is 46.9 Å². The highest BCUT2D eigenvalue weighted by atomic mass is 16.5. The summed E-state index contributed by atoms with van der Waals surface area (Å²) in [5.74, 6) is 1.86. The highest BCUT2D eigenvalue weighted by Crippen LogP contribution is 2.27. The number of hydrogen-bond acceptors (Lipinski definition) is 5. The summed E-state index contributed by atoms with van der Waals surface area (Å²) in [6.45, 7) is 0.725. The van der Waals surface area contributed by atoms with E-state index in [1.807, 2.05) is 42.5 Å². The van der Waals surface area contributed by atoms with Crippen LogP contribution in [-0.2, 0) is 13.2 Å². The molecule has 2 aromatic carbocycles. The van der Waals surface area contributed by atoms with Gasteiger partial charge in [-0.3, -0.25) is 0 Å². The molecule has 3 aromatic rings. The smallest absolute Gasteiger partial charge is 0.233 e. The first-order valence-corrected chi connectivity index (χ1v) is 6.64. The number of methoxy groups -OCH3 is 1. The Kier molecular flexibility index (Phi) is 3.75. The summed E-state index contributed by atoms with van der Waals surface area (Å²) in [6, 6.07) is 13.2. The Morgan fingerprint density at radius 1 is 1.14 bits per heavy atom.